The summed E-state index contributed by atoms with van der Waals surface area (Å²) in [6.45, 7) is 3.70. The van der Waals surface area contributed by atoms with Crippen LogP contribution in [0.15, 0.2) is 58.1 Å². The lowest BCUT2D eigenvalue weighted by molar-refractivity contribution is 0.153. The predicted molar refractivity (Wildman–Crippen MR) is 82.9 cm³/mol. The molecule has 0 fully saturated rings. The molecule has 0 saturated carbocycles. The molecular formula is C16H21N3O2. The van der Waals surface area contributed by atoms with E-state index in [2.05, 4.69) is 15.6 Å². The van der Waals surface area contributed by atoms with Crippen molar-refractivity contribution < 1.29 is 9.52 Å². The van der Waals surface area contributed by atoms with Gasteiger partial charge in [0, 0.05) is 6.54 Å². The Hall–Kier alpha value is -2.27. The summed E-state index contributed by atoms with van der Waals surface area (Å²) >= 11 is 0. The van der Waals surface area contributed by atoms with Gasteiger partial charge in [0.1, 0.15) is 11.9 Å². The number of guanidine groups is 1. The quantitative estimate of drug-likeness (QED) is 0.562. The van der Waals surface area contributed by atoms with E-state index in [1.54, 1.807) is 18.4 Å². The average Bonchev–Trinajstić information content (AvgIpc) is 3.05. The number of nitrogens with zero attached hydrogens (tertiary/aromatic N) is 1. The molecule has 0 amide bonds. The third-order valence-corrected chi connectivity index (χ3v) is 2.94. The van der Waals surface area contributed by atoms with Crippen LogP contribution >= 0.6 is 0 Å². The van der Waals surface area contributed by atoms with Gasteiger partial charge in [-0.1, -0.05) is 30.3 Å². The minimum absolute atomic E-state index is 0.341. The Labute approximate surface area is 124 Å². The SMILES string of the molecule is CCNC(=NCc1ccccc1)NCC(O)c1ccco1. The Morgan fingerprint density at radius 3 is 2.67 bits per heavy atom. The minimum atomic E-state index is -0.694. The maximum Gasteiger partial charge on any atom is 0.191 e. The summed E-state index contributed by atoms with van der Waals surface area (Å²) in [6, 6.07) is 13.5. The van der Waals surface area contributed by atoms with Crippen molar-refractivity contribution in [3.8, 4) is 0 Å². The summed E-state index contributed by atoms with van der Waals surface area (Å²) in [4.78, 5) is 4.49. The molecule has 0 aliphatic heterocycles. The molecule has 0 aliphatic rings. The molecule has 0 spiro atoms. The van der Waals surface area contributed by atoms with Gasteiger partial charge in [-0.25, -0.2) is 4.99 Å². The predicted octanol–water partition coefficient (Wildman–Crippen LogP) is 2.07. The van der Waals surface area contributed by atoms with E-state index in [1.165, 1.54) is 0 Å². The molecule has 1 aromatic carbocycles. The average molecular weight is 287 g/mol. The third kappa shape index (κ3) is 4.96. The van der Waals surface area contributed by atoms with Gasteiger partial charge in [-0.2, -0.15) is 0 Å². The smallest absolute Gasteiger partial charge is 0.191 e. The van der Waals surface area contributed by atoms with Crippen LogP contribution in [0.5, 0.6) is 0 Å². The van der Waals surface area contributed by atoms with Crippen LogP contribution in [0.1, 0.15) is 24.4 Å². The first-order valence-corrected chi connectivity index (χ1v) is 7.07. The number of furan rings is 1. The largest absolute Gasteiger partial charge is 0.467 e. The second kappa shape index (κ2) is 8.11. The van der Waals surface area contributed by atoms with E-state index < -0.39 is 6.10 Å². The molecule has 0 aliphatic carbocycles. The summed E-state index contributed by atoms with van der Waals surface area (Å²) in [5.41, 5.74) is 1.14. The second-order valence-corrected chi connectivity index (χ2v) is 4.59. The summed E-state index contributed by atoms with van der Waals surface area (Å²) in [7, 11) is 0. The van der Waals surface area contributed by atoms with Gasteiger partial charge in [0.15, 0.2) is 5.96 Å². The maximum absolute atomic E-state index is 9.97. The molecule has 1 unspecified atom stereocenters. The topological polar surface area (TPSA) is 69.8 Å². The number of benzene rings is 1. The fourth-order valence-corrected chi connectivity index (χ4v) is 1.87. The number of aliphatic hydroxyl groups excluding tert-OH is 1. The Kier molecular flexibility index (Phi) is 5.84. The van der Waals surface area contributed by atoms with Crippen LogP contribution < -0.4 is 10.6 Å². The van der Waals surface area contributed by atoms with Crippen molar-refractivity contribution in [2.24, 2.45) is 4.99 Å². The van der Waals surface area contributed by atoms with Crippen LogP contribution in [-0.4, -0.2) is 24.2 Å². The first-order valence-electron chi connectivity index (χ1n) is 7.07. The molecule has 0 radical (unpaired) electrons. The minimum Gasteiger partial charge on any atom is -0.467 e. The van der Waals surface area contributed by atoms with Crippen LogP contribution in [0.25, 0.3) is 0 Å². The third-order valence-electron chi connectivity index (χ3n) is 2.94. The lowest BCUT2D eigenvalue weighted by Crippen LogP contribution is -2.39. The zero-order chi connectivity index (χ0) is 14.9. The Balaban J connectivity index is 1.89. The van der Waals surface area contributed by atoms with Crippen molar-refractivity contribution in [2.75, 3.05) is 13.1 Å². The maximum atomic E-state index is 9.97. The highest BCUT2D eigenvalue weighted by molar-refractivity contribution is 5.79. The summed E-state index contributed by atoms with van der Waals surface area (Å²) in [5, 5.41) is 16.2. The second-order valence-electron chi connectivity index (χ2n) is 4.59. The Morgan fingerprint density at radius 1 is 1.19 bits per heavy atom. The molecule has 0 saturated heterocycles. The number of rotatable bonds is 6. The number of hydrogen-bond donors (Lipinski definition) is 3. The van der Waals surface area contributed by atoms with Crippen LogP contribution in [-0.2, 0) is 6.54 Å². The van der Waals surface area contributed by atoms with Gasteiger partial charge in [-0.3, -0.25) is 0 Å². The molecule has 1 atom stereocenters. The number of hydrogen-bond acceptors (Lipinski definition) is 3. The molecule has 3 N–H and O–H groups in total. The van der Waals surface area contributed by atoms with Crippen LogP contribution in [0, 0.1) is 0 Å². The lowest BCUT2D eigenvalue weighted by atomic mass is 10.2. The van der Waals surface area contributed by atoms with Crippen molar-refractivity contribution in [1.29, 1.82) is 0 Å². The highest BCUT2D eigenvalue weighted by Crippen LogP contribution is 2.11. The Morgan fingerprint density at radius 2 is 2.00 bits per heavy atom. The van der Waals surface area contributed by atoms with E-state index in [1.807, 2.05) is 37.3 Å². The van der Waals surface area contributed by atoms with E-state index in [4.69, 9.17) is 4.42 Å². The molecule has 5 heteroatoms. The fourth-order valence-electron chi connectivity index (χ4n) is 1.87. The van der Waals surface area contributed by atoms with Gasteiger partial charge in [-0.15, -0.1) is 0 Å². The first-order chi connectivity index (χ1) is 10.3. The molecule has 5 nitrogen and oxygen atoms in total. The van der Waals surface area contributed by atoms with Crippen LogP contribution in [0.3, 0.4) is 0 Å². The summed E-state index contributed by atoms with van der Waals surface area (Å²) in [5.74, 6) is 1.22. The molecule has 2 aromatic rings. The number of nitrogens with one attached hydrogen (secondary N) is 2. The molecule has 1 aromatic heterocycles. The van der Waals surface area contributed by atoms with Gasteiger partial charge >= 0.3 is 0 Å². The van der Waals surface area contributed by atoms with Gasteiger partial charge in [-0.05, 0) is 24.6 Å². The standard InChI is InChI=1S/C16H21N3O2/c1-2-17-16(18-11-13-7-4-3-5-8-13)19-12-14(20)15-9-6-10-21-15/h3-10,14,20H,2,11-12H2,1H3,(H2,17,18,19). The molecule has 112 valence electrons. The monoisotopic (exact) mass is 287 g/mol. The van der Waals surface area contributed by atoms with E-state index in [0.29, 0.717) is 24.8 Å². The first kappa shape index (κ1) is 15.1. The zero-order valence-corrected chi connectivity index (χ0v) is 12.1. The van der Waals surface area contributed by atoms with Gasteiger partial charge in [0.05, 0.1) is 19.4 Å². The molecule has 2 rings (SSSR count). The highest BCUT2D eigenvalue weighted by atomic mass is 16.4. The summed E-state index contributed by atoms with van der Waals surface area (Å²) in [6.07, 6.45) is 0.855. The van der Waals surface area contributed by atoms with E-state index in [0.717, 1.165) is 12.1 Å². The van der Waals surface area contributed by atoms with Crippen molar-refractivity contribution in [1.82, 2.24) is 10.6 Å². The fraction of sp³-hybridized carbons (Fsp3) is 0.312. The molecule has 0 bridgehead atoms. The van der Waals surface area contributed by atoms with Crippen LogP contribution in [0.2, 0.25) is 0 Å². The van der Waals surface area contributed by atoms with Crippen molar-refractivity contribution in [3.05, 3.63) is 60.1 Å². The normalized spacial score (nSPS) is 13.0. The molecule has 1 heterocycles. The van der Waals surface area contributed by atoms with Crippen LogP contribution in [0.4, 0.5) is 0 Å². The van der Waals surface area contributed by atoms with Gasteiger partial charge in [0.25, 0.3) is 0 Å². The number of aliphatic hydroxyl groups is 1. The van der Waals surface area contributed by atoms with Crippen molar-refractivity contribution in [3.63, 3.8) is 0 Å². The van der Waals surface area contributed by atoms with Gasteiger partial charge in [0.2, 0.25) is 0 Å². The summed E-state index contributed by atoms with van der Waals surface area (Å²) < 4.78 is 5.17. The lowest BCUT2D eigenvalue weighted by Gasteiger charge is -2.13. The van der Waals surface area contributed by atoms with Gasteiger partial charge < -0.3 is 20.2 Å². The number of aliphatic imine (C=N–C) groups is 1. The van der Waals surface area contributed by atoms with Crippen molar-refractivity contribution in [2.45, 2.75) is 19.6 Å². The van der Waals surface area contributed by atoms with E-state index in [-0.39, 0.29) is 0 Å². The molecule has 21 heavy (non-hydrogen) atoms. The zero-order valence-electron chi connectivity index (χ0n) is 12.1. The Bertz CT molecular complexity index is 538. The van der Waals surface area contributed by atoms with Crippen molar-refractivity contribution >= 4 is 5.96 Å². The van der Waals surface area contributed by atoms with E-state index in [9.17, 15) is 5.11 Å². The molecular weight excluding hydrogens is 266 g/mol. The highest BCUT2D eigenvalue weighted by Gasteiger charge is 2.10. The van der Waals surface area contributed by atoms with E-state index >= 15 is 0 Å².